The topological polar surface area (TPSA) is 53.1 Å². The molecule has 0 aliphatic heterocycles. The number of amidine groups is 1. The van der Waals surface area contributed by atoms with Crippen molar-refractivity contribution in [2.45, 2.75) is 0 Å². The zero-order chi connectivity index (χ0) is 17.9. The van der Waals surface area contributed by atoms with E-state index in [0.29, 0.717) is 5.17 Å². The third kappa shape index (κ3) is 2.81. The minimum absolute atomic E-state index is 0.581. The molecule has 0 aliphatic carbocycles. The van der Waals surface area contributed by atoms with Crippen LogP contribution in [0.1, 0.15) is 0 Å². The van der Waals surface area contributed by atoms with E-state index in [4.69, 9.17) is 5.26 Å². The second kappa shape index (κ2) is 6.95. The van der Waals surface area contributed by atoms with Gasteiger partial charge in [0.05, 0.1) is 16.7 Å². The van der Waals surface area contributed by atoms with E-state index in [2.05, 4.69) is 75.5 Å². The molecular weight excluding hydrogens is 340 g/mol. The highest BCUT2D eigenvalue weighted by Crippen LogP contribution is 2.32. The number of fused-ring (bicyclic) bond motifs is 3. The summed E-state index contributed by atoms with van der Waals surface area (Å²) < 4.78 is 2.27. The van der Waals surface area contributed by atoms with Gasteiger partial charge in [-0.05, 0) is 42.7 Å². The Hall–Kier alpha value is -3.23. The number of para-hydroxylation sites is 2. The lowest BCUT2D eigenvalue weighted by molar-refractivity contribution is 1.18. The van der Waals surface area contributed by atoms with Gasteiger partial charge in [0.1, 0.15) is 0 Å². The van der Waals surface area contributed by atoms with Crippen molar-refractivity contribution in [2.24, 2.45) is 4.99 Å². The van der Waals surface area contributed by atoms with E-state index in [1.807, 2.05) is 24.6 Å². The fourth-order valence-electron chi connectivity index (χ4n) is 3.17. The van der Waals surface area contributed by atoms with Gasteiger partial charge in [0.25, 0.3) is 0 Å². The summed E-state index contributed by atoms with van der Waals surface area (Å²) in [7, 11) is 0. The van der Waals surface area contributed by atoms with Crippen molar-refractivity contribution in [1.29, 1.82) is 5.26 Å². The number of hydrogen-bond donors (Lipinski definition) is 1. The molecule has 4 aromatic rings. The van der Waals surface area contributed by atoms with Crippen molar-refractivity contribution in [3.8, 4) is 11.9 Å². The summed E-state index contributed by atoms with van der Waals surface area (Å²) in [6.07, 6.45) is 3.79. The molecule has 4 rings (SSSR count). The number of aliphatic imine (C=N–C) groups is 1. The lowest BCUT2D eigenvalue weighted by atomic mass is 10.2. The molecule has 5 heteroatoms. The lowest BCUT2D eigenvalue weighted by Gasteiger charge is -2.08. The van der Waals surface area contributed by atoms with Crippen LogP contribution in [0.2, 0.25) is 0 Å². The predicted molar refractivity (Wildman–Crippen MR) is 110 cm³/mol. The van der Waals surface area contributed by atoms with Crippen molar-refractivity contribution < 1.29 is 0 Å². The summed E-state index contributed by atoms with van der Waals surface area (Å²) in [4.78, 5) is 4.45. The number of benzene rings is 3. The molecule has 3 aromatic carbocycles. The zero-order valence-electron chi connectivity index (χ0n) is 14.2. The predicted octanol–water partition coefficient (Wildman–Crippen LogP) is 5.20. The monoisotopic (exact) mass is 356 g/mol. The SMILES string of the molecule is CSC(=Nc1ccc(-n2c3ccccc3c3ccccc32)cc1)NC#N. The van der Waals surface area contributed by atoms with Gasteiger partial charge in [-0.15, -0.1) is 0 Å². The van der Waals surface area contributed by atoms with E-state index in [0.717, 1.165) is 11.4 Å². The number of aromatic nitrogens is 1. The molecule has 126 valence electrons. The first kappa shape index (κ1) is 16.2. The first-order valence-corrected chi connectivity index (χ1v) is 9.40. The van der Waals surface area contributed by atoms with Crippen LogP contribution < -0.4 is 5.32 Å². The molecule has 1 heterocycles. The minimum Gasteiger partial charge on any atom is -0.309 e. The van der Waals surface area contributed by atoms with E-state index >= 15 is 0 Å². The number of hydrogen-bond acceptors (Lipinski definition) is 3. The van der Waals surface area contributed by atoms with Crippen molar-refractivity contribution in [2.75, 3.05) is 6.26 Å². The average Bonchev–Trinajstić information content (AvgIpc) is 3.03. The molecule has 0 bridgehead atoms. The van der Waals surface area contributed by atoms with Crippen LogP contribution >= 0.6 is 11.8 Å². The van der Waals surface area contributed by atoms with E-state index in [-0.39, 0.29) is 0 Å². The molecule has 1 N–H and O–H groups in total. The minimum atomic E-state index is 0.581. The second-order valence-electron chi connectivity index (χ2n) is 5.74. The summed E-state index contributed by atoms with van der Waals surface area (Å²) in [6.45, 7) is 0. The maximum absolute atomic E-state index is 8.76. The molecular formula is C21H16N4S. The smallest absolute Gasteiger partial charge is 0.183 e. The van der Waals surface area contributed by atoms with Gasteiger partial charge in [-0.3, -0.25) is 5.32 Å². The first-order chi connectivity index (χ1) is 12.8. The molecule has 0 radical (unpaired) electrons. The van der Waals surface area contributed by atoms with E-state index < -0.39 is 0 Å². The van der Waals surface area contributed by atoms with Gasteiger partial charge in [-0.25, -0.2) is 4.99 Å². The van der Waals surface area contributed by atoms with Crippen LogP contribution in [0.15, 0.2) is 77.8 Å². The van der Waals surface area contributed by atoms with Crippen molar-refractivity contribution in [3.63, 3.8) is 0 Å². The van der Waals surface area contributed by atoms with Crippen LogP contribution in [0.25, 0.3) is 27.5 Å². The van der Waals surface area contributed by atoms with Gasteiger partial charge in [-0.1, -0.05) is 48.2 Å². The van der Waals surface area contributed by atoms with Gasteiger partial charge in [-0.2, -0.15) is 5.26 Å². The van der Waals surface area contributed by atoms with Crippen LogP contribution in [0.5, 0.6) is 0 Å². The van der Waals surface area contributed by atoms with E-state index in [1.54, 1.807) is 0 Å². The standard InChI is InChI=1S/C21H16N4S/c1-26-21(23-14-22)24-15-10-12-16(13-11-15)25-19-8-4-2-6-17(19)18-7-3-5-9-20(18)25/h2-13H,1H3,(H,23,24). The average molecular weight is 356 g/mol. The Morgan fingerprint density at radius 3 is 2.04 bits per heavy atom. The molecule has 0 spiro atoms. The highest BCUT2D eigenvalue weighted by molar-refractivity contribution is 8.13. The summed E-state index contributed by atoms with van der Waals surface area (Å²) in [5.41, 5.74) is 4.25. The quantitative estimate of drug-likeness (QED) is 0.232. The van der Waals surface area contributed by atoms with Gasteiger partial charge in [0.2, 0.25) is 0 Å². The zero-order valence-corrected chi connectivity index (χ0v) is 15.0. The van der Waals surface area contributed by atoms with Crippen molar-refractivity contribution in [3.05, 3.63) is 72.8 Å². The maximum atomic E-state index is 8.76. The molecule has 0 atom stereocenters. The molecule has 0 aliphatic rings. The molecule has 1 aromatic heterocycles. The lowest BCUT2D eigenvalue weighted by Crippen LogP contribution is -2.12. The molecule has 26 heavy (non-hydrogen) atoms. The van der Waals surface area contributed by atoms with E-state index in [9.17, 15) is 0 Å². The third-order valence-electron chi connectivity index (χ3n) is 4.27. The molecule has 0 unspecified atom stereocenters. The Morgan fingerprint density at radius 1 is 0.923 bits per heavy atom. The second-order valence-corrected chi connectivity index (χ2v) is 6.54. The molecule has 0 amide bonds. The summed E-state index contributed by atoms with van der Waals surface area (Å²) in [5, 5.41) is 14.4. The summed E-state index contributed by atoms with van der Waals surface area (Å²) in [6, 6.07) is 24.9. The fourth-order valence-corrected chi connectivity index (χ4v) is 3.51. The number of nitriles is 1. The Kier molecular flexibility index (Phi) is 4.34. The Labute approximate surface area is 155 Å². The molecule has 4 nitrogen and oxygen atoms in total. The molecule has 0 fully saturated rings. The normalized spacial score (nSPS) is 11.6. The maximum Gasteiger partial charge on any atom is 0.183 e. The highest BCUT2D eigenvalue weighted by Gasteiger charge is 2.11. The van der Waals surface area contributed by atoms with Crippen LogP contribution in [-0.2, 0) is 0 Å². The van der Waals surface area contributed by atoms with Crippen LogP contribution in [0.4, 0.5) is 5.69 Å². The van der Waals surface area contributed by atoms with E-state index in [1.165, 1.54) is 33.6 Å². The van der Waals surface area contributed by atoms with Gasteiger partial charge in [0, 0.05) is 16.5 Å². The van der Waals surface area contributed by atoms with Crippen molar-refractivity contribution in [1.82, 2.24) is 9.88 Å². The summed E-state index contributed by atoms with van der Waals surface area (Å²) in [5.74, 6) is 0. The number of nitrogens with zero attached hydrogens (tertiary/aromatic N) is 3. The van der Waals surface area contributed by atoms with Gasteiger partial charge < -0.3 is 4.57 Å². The Morgan fingerprint density at radius 2 is 1.50 bits per heavy atom. The van der Waals surface area contributed by atoms with Gasteiger partial charge >= 0.3 is 0 Å². The third-order valence-corrected chi connectivity index (χ3v) is 4.85. The van der Waals surface area contributed by atoms with Gasteiger partial charge in [0.15, 0.2) is 11.4 Å². The number of thioether (sulfide) groups is 1. The van der Waals surface area contributed by atoms with Crippen LogP contribution in [-0.4, -0.2) is 16.0 Å². The summed E-state index contributed by atoms with van der Waals surface area (Å²) >= 11 is 1.41. The van der Waals surface area contributed by atoms with Crippen molar-refractivity contribution >= 4 is 44.4 Å². The Balaban J connectivity index is 1.84. The van der Waals surface area contributed by atoms with Crippen LogP contribution in [0.3, 0.4) is 0 Å². The fraction of sp³-hybridized carbons (Fsp3) is 0.0476. The number of nitrogens with one attached hydrogen (secondary N) is 1. The Bertz CT molecular complexity index is 1100. The largest absolute Gasteiger partial charge is 0.309 e. The highest BCUT2D eigenvalue weighted by atomic mass is 32.2. The first-order valence-electron chi connectivity index (χ1n) is 8.18. The molecule has 0 saturated heterocycles. The molecule has 0 saturated carbocycles. The number of rotatable bonds is 2. The van der Waals surface area contributed by atoms with Crippen LogP contribution in [0, 0.1) is 11.5 Å².